The van der Waals surface area contributed by atoms with Gasteiger partial charge in [0, 0.05) is 6.54 Å². The lowest BCUT2D eigenvalue weighted by atomic mass is 10.4. The summed E-state index contributed by atoms with van der Waals surface area (Å²) in [4.78, 5) is 3.97. The van der Waals surface area contributed by atoms with Gasteiger partial charge >= 0.3 is 6.18 Å². The first kappa shape index (κ1) is 10.7. The van der Waals surface area contributed by atoms with Crippen LogP contribution in [0.3, 0.4) is 0 Å². The van der Waals surface area contributed by atoms with Crippen molar-refractivity contribution in [3.8, 4) is 0 Å². The Morgan fingerprint density at radius 2 is 2.09 bits per heavy atom. The van der Waals surface area contributed by atoms with Crippen molar-refractivity contribution in [2.75, 3.05) is 13.2 Å². The Labute approximate surface area is 62.1 Å². The van der Waals surface area contributed by atoms with Crippen LogP contribution >= 0.6 is 0 Å². The van der Waals surface area contributed by atoms with E-state index in [1.807, 2.05) is 5.48 Å². The summed E-state index contributed by atoms with van der Waals surface area (Å²) in [7, 11) is 0. The zero-order valence-corrected chi connectivity index (χ0v) is 5.98. The van der Waals surface area contributed by atoms with Gasteiger partial charge in [0.1, 0.15) is 0 Å². The van der Waals surface area contributed by atoms with Crippen LogP contribution in [-0.4, -0.2) is 30.5 Å². The predicted molar refractivity (Wildman–Crippen MR) is 31.7 cm³/mol. The average molecular weight is 173 g/mol. The number of hydrogen-bond acceptors (Lipinski definition) is 3. The molecular weight excluding hydrogens is 163 g/mol. The zero-order chi connectivity index (χ0) is 8.91. The van der Waals surface area contributed by atoms with Gasteiger partial charge in [-0.3, -0.25) is 4.84 Å². The average Bonchev–Trinajstić information content (AvgIpc) is 1.78. The van der Waals surface area contributed by atoms with Crippen LogP contribution < -0.4 is 5.48 Å². The number of halogens is 3. The van der Waals surface area contributed by atoms with Crippen LogP contribution in [0.25, 0.3) is 0 Å². The fraction of sp³-hybridized carbons (Fsp3) is 1.00. The second-order valence-corrected chi connectivity index (χ2v) is 2.10. The van der Waals surface area contributed by atoms with E-state index in [1.165, 1.54) is 6.92 Å². The number of nitrogens with one attached hydrogen (secondary N) is 1. The van der Waals surface area contributed by atoms with E-state index in [9.17, 15) is 13.2 Å². The quantitative estimate of drug-likeness (QED) is 0.479. The van der Waals surface area contributed by atoms with Crippen molar-refractivity contribution in [3.05, 3.63) is 0 Å². The molecule has 0 rings (SSSR count). The fourth-order valence-corrected chi connectivity index (χ4v) is 0.312. The summed E-state index contributed by atoms with van der Waals surface area (Å²) in [5.41, 5.74) is 1.97. The Hall–Kier alpha value is -0.330. The lowest BCUT2D eigenvalue weighted by Crippen LogP contribution is -2.29. The third-order valence-corrected chi connectivity index (χ3v) is 0.717. The number of aliphatic hydroxyl groups is 1. The minimum Gasteiger partial charge on any atom is -0.392 e. The van der Waals surface area contributed by atoms with Crippen LogP contribution in [0.15, 0.2) is 0 Å². The van der Waals surface area contributed by atoms with Crippen molar-refractivity contribution >= 4 is 0 Å². The molecule has 1 atom stereocenters. The highest BCUT2D eigenvalue weighted by Gasteiger charge is 2.27. The molecule has 0 aliphatic carbocycles. The summed E-state index contributed by atoms with van der Waals surface area (Å²) in [5.74, 6) is 0. The Kier molecular flexibility index (Phi) is 4.39. The van der Waals surface area contributed by atoms with Crippen LogP contribution in [-0.2, 0) is 4.84 Å². The summed E-state index contributed by atoms with van der Waals surface area (Å²) in [5, 5.41) is 8.56. The highest BCUT2D eigenvalue weighted by Crippen LogP contribution is 2.13. The molecule has 0 radical (unpaired) electrons. The highest BCUT2D eigenvalue weighted by atomic mass is 19.4. The molecule has 3 nitrogen and oxygen atoms in total. The van der Waals surface area contributed by atoms with Gasteiger partial charge in [-0.25, -0.2) is 0 Å². The molecule has 0 heterocycles. The van der Waals surface area contributed by atoms with E-state index in [2.05, 4.69) is 4.84 Å². The molecular formula is C5H10F3NO2. The molecule has 0 aliphatic heterocycles. The number of aliphatic hydroxyl groups excluding tert-OH is 1. The summed E-state index contributed by atoms with van der Waals surface area (Å²) in [6, 6.07) is 0. The van der Waals surface area contributed by atoms with Gasteiger partial charge in [0.25, 0.3) is 0 Å². The Balaban J connectivity index is 3.15. The molecule has 11 heavy (non-hydrogen) atoms. The van der Waals surface area contributed by atoms with E-state index in [4.69, 9.17) is 5.11 Å². The first-order valence-corrected chi connectivity index (χ1v) is 3.01. The fourth-order valence-electron chi connectivity index (χ4n) is 0.312. The molecule has 0 saturated heterocycles. The topological polar surface area (TPSA) is 41.5 Å². The monoisotopic (exact) mass is 173 g/mol. The minimum absolute atomic E-state index is 0.0178. The van der Waals surface area contributed by atoms with Gasteiger partial charge in [0.2, 0.25) is 0 Å². The van der Waals surface area contributed by atoms with Gasteiger partial charge in [0.15, 0.2) is 6.61 Å². The van der Waals surface area contributed by atoms with Crippen LogP contribution in [0.5, 0.6) is 0 Å². The van der Waals surface area contributed by atoms with Gasteiger partial charge in [-0.2, -0.15) is 18.7 Å². The van der Waals surface area contributed by atoms with E-state index >= 15 is 0 Å². The molecule has 0 unspecified atom stereocenters. The standard InChI is InChI=1S/C5H10F3NO2/c1-4(10)2-9-11-3-5(6,7)8/h4,9-10H,2-3H2,1H3/t4-/m1/s1. The molecule has 0 bridgehead atoms. The normalized spacial score (nSPS) is 15.0. The molecule has 0 amide bonds. The molecule has 0 saturated carbocycles. The molecule has 0 aromatic rings. The van der Waals surface area contributed by atoms with Gasteiger partial charge in [0.05, 0.1) is 6.10 Å². The maximum absolute atomic E-state index is 11.4. The minimum atomic E-state index is -4.33. The van der Waals surface area contributed by atoms with E-state index in [1.54, 1.807) is 0 Å². The maximum Gasteiger partial charge on any atom is 0.413 e. The number of alkyl halides is 3. The summed E-state index contributed by atoms with van der Waals surface area (Å²) >= 11 is 0. The first-order chi connectivity index (χ1) is 4.92. The first-order valence-electron chi connectivity index (χ1n) is 3.01. The van der Waals surface area contributed by atoms with Crippen LogP contribution in [0, 0.1) is 0 Å². The van der Waals surface area contributed by atoms with Crippen LogP contribution in [0.1, 0.15) is 6.92 Å². The number of rotatable bonds is 4. The maximum atomic E-state index is 11.4. The summed E-state index contributed by atoms with van der Waals surface area (Å²) < 4.78 is 34.1. The molecule has 0 aromatic carbocycles. The molecule has 0 aromatic heterocycles. The zero-order valence-electron chi connectivity index (χ0n) is 5.98. The SMILES string of the molecule is C[C@@H](O)CNOCC(F)(F)F. The van der Waals surface area contributed by atoms with Crippen molar-refractivity contribution in [1.82, 2.24) is 5.48 Å². The number of hydrogen-bond donors (Lipinski definition) is 2. The molecule has 0 spiro atoms. The van der Waals surface area contributed by atoms with E-state index in [0.717, 1.165) is 0 Å². The van der Waals surface area contributed by atoms with E-state index in [0.29, 0.717) is 0 Å². The second-order valence-electron chi connectivity index (χ2n) is 2.10. The highest BCUT2D eigenvalue weighted by molar-refractivity contribution is 4.46. The Morgan fingerprint density at radius 1 is 1.55 bits per heavy atom. The molecule has 68 valence electrons. The van der Waals surface area contributed by atoms with Crippen molar-refractivity contribution in [3.63, 3.8) is 0 Å². The van der Waals surface area contributed by atoms with Gasteiger partial charge < -0.3 is 5.11 Å². The lowest BCUT2D eigenvalue weighted by molar-refractivity contribution is -0.190. The molecule has 2 N–H and O–H groups in total. The van der Waals surface area contributed by atoms with Gasteiger partial charge in [-0.1, -0.05) is 0 Å². The largest absolute Gasteiger partial charge is 0.413 e. The van der Waals surface area contributed by atoms with Crippen LogP contribution in [0.4, 0.5) is 13.2 Å². The predicted octanol–water partition coefficient (Wildman–Crippen LogP) is 0.451. The Morgan fingerprint density at radius 3 is 2.45 bits per heavy atom. The van der Waals surface area contributed by atoms with Gasteiger partial charge in [-0.15, -0.1) is 0 Å². The van der Waals surface area contributed by atoms with E-state index in [-0.39, 0.29) is 6.54 Å². The molecule has 0 fully saturated rings. The molecule has 6 heteroatoms. The van der Waals surface area contributed by atoms with Crippen molar-refractivity contribution < 1.29 is 23.1 Å². The molecule has 0 aliphatic rings. The third-order valence-electron chi connectivity index (χ3n) is 0.717. The Bertz CT molecular complexity index is 104. The van der Waals surface area contributed by atoms with Crippen LogP contribution in [0.2, 0.25) is 0 Å². The lowest BCUT2D eigenvalue weighted by Gasteiger charge is -2.09. The van der Waals surface area contributed by atoms with Crippen molar-refractivity contribution in [2.45, 2.75) is 19.2 Å². The summed E-state index contributed by atoms with van der Waals surface area (Å²) in [6.07, 6.45) is -5.05. The van der Waals surface area contributed by atoms with Crippen molar-refractivity contribution in [1.29, 1.82) is 0 Å². The summed E-state index contributed by atoms with van der Waals surface area (Å²) in [6.45, 7) is 0.0692. The smallest absolute Gasteiger partial charge is 0.392 e. The van der Waals surface area contributed by atoms with E-state index < -0.39 is 18.9 Å². The second kappa shape index (κ2) is 4.53. The number of hydroxylamine groups is 1. The van der Waals surface area contributed by atoms with Gasteiger partial charge in [-0.05, 0) is 6.92 Å². The van der Waals surface area contributed by atoms with Crippen molar-refractivity contribution in [2.24, 2.45) is 0 Å². The third kappa shape index (κ3) is 9.67.